The van der Waals surface area contributed by atoms with Gasteiger partial charge in [-0.1, -0.05) is 0 Å². The van der Waals surface area contributed by atoms with Gasteiger partial charge in [0.2, 0.25) is 23.6 Å². The molecular formula is C71H118N4O55. The van der Waals surface area contributed by atoms with Crippen molar-refractivity contribution in [3.8, 4) is 0 Å². The van der Waals surface area contributed by atoms with E-state index >= 15 is 0 Å². The van der Waals surface area contributed by atoms with Crippen LogP contribution in [0.2, 0.25) is 0 Å². The Balaban J connectivity index is 0.931. The van der Waals surface area contributed by atoms with E-state index in [1.165, 1.54) is 0 Å². The highest BCUT2D eigenvalue weighted by atomic mass is 16.8. The van der Waals surface area contributed by atoms with Crippen molar-refractivity contribution >= 4 is 29.6 Å². The zero-order chi connectivity index (χ0) is 96.0. The number of aliphatic hydroxyl groups is 30. The first kappa shape index (κ1) is 107. The Morgan fingerprint density at radius 3 is 1.11 bits per heavy atom. The van der Waals surface area contributed by atoms with Crippen molar-refractivity contribution in [3.63, 3.8) is 0 Å². The summed E-state index contributed by atoms with van der Waals surface area (Å²) in [6, 6.07) is -7.47. The highest BCUT2D eigenvalue weighted by molar-refractivity contribution is 5.78. The summed E-state index contributed by atoms with van der Waals surface area (Å²) in [7, 11) is 0. The Kier molecular flexibility index (Phi) is 38.6. The summed E-state index contributed by atoms with van der Waals surface area (Å²) in [5, 5.41) is 352. The van der Waals surface area contributed by atoms with E-state index in [-0.39, 0.29) is 0 Å². The number of rotatable bonds is 36. The van der Waals surface area contributed by atoms with Crippen LogP contribution < -0.4 is 21.3 Å². The van der Waals surface area contributed by atoms with E-state index in [2.05, 4.69) is 21.3 Å². The number of aliphatic carboxylic acids is 1. The lowest BCUT2D eigenvalue weighted by Gasteiger charge is -2.51. The number of hydrogen-bond donors (Lipinski definition) is 35. The summed E-state index contributed by atoms with van der Waals surface area (Å²) in [6.07, 6.45) is -102. The van der Waals surface area contributed by atoms with Gasteiger partial charge in [0.05, 0.1) is 78.2 Å². The quantitative estimate of drug-likeness (QED) is 0.0277. The standard InChI is InChI=1S/C71H118N4O55/c1-16(85)72-32-41(97)53(24(9-80)114-61(32)109)123-62-33(73-17(2)86)42(98)55(26(11-82)118-62)125-67-52(108)58(127-69-60(47(103)38(94)23(8-79)117-69)128-63-34(74-18(3)87)43(99)54(25(10-81)119-63)124-64-49(105)44(100)36(92)21(6-77)115-64)40(96)28(121-67)14-112-68-59(46(102)37(93)22(7-78)116-68)129-66-51(107)48(104)56(27(12-83)120-66)126-65-50(106)45(101)39(95)29(122-65)15-113-71(70(110)111)4-19(88)31(75-30(90)13-84)57(130-71)35(91)20(89)5-76/h19-29,31-69,76-84,88-89,91-109H,4-15H2,1-3H3,(H,72,85)(H,73,86)(H,74,87)(H,75,90)(H,110,111)/t19-,20+,21+,22+,23+,24+,25+,26+,27+,28+,29+,31+,32+,33+,34+,35+,36-,37+,38+,39-,40+,41+,42+,43+,44-,45-,46-,47-,48+,49+,50+,51+,52-,53+,54+,55+,56+,57+,58-,59-,60-,61+,62-,63-,64-,65-,66-,67-,68-,69+,71+/m0/s1. The largest absolute Gasteiger partial charge is 0.477 e. The number of ether oxygens (including phenoxy) is 19. The van der Waals surface area contributed by atoms with E-state index < -0.39 is 421 Å². The maximum Gasteiger partial charge on any atom is 0.364 e. The molecule has 130 heavy (non-hydrogen) atoms. The smallest absolute Gasteiger partial charge is 0.364 e. The summed E-state index contributed by atoms with van der Waals surface area (Å²) in [5.74, 6) is -9.22. The van der Waals surface area contributed by atoms with Gasteiger partial charge >= 0.3 is 5.97 Å². The topological polar surface area (TPSA) is 936 Å². The van der Waals surface area contributed by atoms with E-state index in [1.807, 2.05) is 0 Å². The van der Waals surface area contributed by atoms with Gasteiger partial charge in [0, 0.05) is 27.2 Å². The predicted octanol–water partition coefficient (Wildman–Crippen LogP) is -24.1. The van der Waals surface area contributed by atoms with E-state index in [9.17, 15) is 182 Å². The maximum atomic E-state index is 13.0. The Morgan fingerprint density at radius 1 is 0.331 bits per heavy atom. The zero-order valence-corrected chi connectivity index (χ0v) is 69.0. The number of hydrogen-bond acceptors (Lipinski definition) is 54. The molecule has 0 aromatic rings. The van der Waals surface area contributed by atoms with Crippen molar-refractivity contribution in [3.05, 3.63) is 0 Å². The van der Waals surface area contributed by atoms with Gasteiger partial charge in [-0.3, -0.25) is 19.2 Å². The molecule has 752 valence electrons. The van der Waals surface area contributed by atoms with E-state index in [1.54, 1.807) is 0 Å². The molecule has 10 aliphatic rings. The number of amides is 4. The van der Waals surface area contributed by atoms with Gasteiger partial charge in [-0.25, -0.2) is 4.79 Å². The summed E-state index contributed by atoms with van der Waals surface area (Å²) in [6.45, 7) is -10.3. The fraction of sp³-hybridized carbons (Fsp3) is 0.930. The summed E-state index contributed by atoms with van der Waals surface area (Å²) >= 11 is 0. The van der Waals surface area contributed by atoms with E-state index in [0.717, 1.165) is 20.8 Å². The molecule has 0 aromatic carbocycles. The number of carboxylic acid groups (broad SMARTS) is 1. The van der Waals surface area contributed by atoms with Gasteiger partial charge in [0.15, 0.2) is 56.6 Å². The molecule has 10 aliphatic heterocycles. The second-order valence-corrected chi connectivity index (χ2v) is 32.5. The van der Waals surface area contributed by atoms with Crippen molar-refractivity contribution in [1.82, 2.24) is 21.3 Å². The van der Waals surface area contributed by atoms with Crippen molar-refractivity contribution in [2.45, 2.75) is 340 Å². The van der Waals surface area contributed by atoms with Crippen LogP contribution >= 0.6 is 0 Å². The van der Waals surface area contributed by atoms with E-state index in [0.29, 0.717) is 0 Å². The fourth-order valence-electron chi connectivity index (χ4n) is 16.5. The van der Waals surface area contributed by atoms with Crippen LogP contribution in [0.15, 0.2) is 0 Å². The average molecular weight is 1910 g/mol. The number of carbonyl (C=O) groups is 5. The third kappa shape index (κ3) is 23.5. The highest BCUT2D eigenvalue weighted by Gasteiger charge is 2.63. The molecule has 0 bridgehead atoms. The molecule has 35 N–H and O–H groups in total. The molecular weight excluding hydrogens is 1790 g/mol. The number of carboxylic acids is 1. The minimum Gasteiger partial charge on any atom is -0.477 e. The molecule has 0 spiro atoms. The van der Waals surface area contributed by atoms with Crippen LogP contribution in [0, 0.1) is 0 Å². The van der Waals surface area contributed by atoms with Gasteiger partial charge in [-0.05, 0) is 0 Å². The molecule has 10 heterocycles. The molecule has 0 aromatic heterocycles. The molecule has 51 atom stereocenters. The molecule has 59 heteroatoms. The molecule has 0 saturated carbocycles. The van der Waals surface area contributed by atoms with Crippen LogP contribution in [-0.2, 0) is 114 Å². The highest BCUT2D eigenvalue weighted by Crippen LogP contribution is 2.42. The van der Waals surface area contributed by atoms with Crippen molar-refractivity contribution < 1.29 is 272 Å². The number of carbonyl (C=O) groups excluding carboxylic acids is 4. The van der Waals surface area contributed by atoms with Gasteiger partial charge < -0.3 is 270 Å². The van der Waals surface area contributed by atoms with Crippen LogP contribution in [0.3, 0.4) is 0 Å². The molecule has 10 fully saturated rings. The number of nitrogens with one attached hydrogen (secondary N) is 4. The Bertz CT molecular complexity index is 3570. The minimum atomic E-state index is -3.15. The Morgan fingerprint density at radius 2 is 0.662 bits per heavy atom. The van der Waals surface area contributed by atoms with Crippen LogP contribution in [0.5, 0.6) is 0 Å². The molecule has 0 aliphatic carbocycles. The van der Waals surface area contributed by atoms with Crippen molar-refractivity contribution in [2.24, 2.45) is 0 Å². The van der Waals surface area contributed by atoms with Crippen LogP contribution in [-0.4, -0.2) is 573 Å². The Labute approximate surface area is 733 Å². The average Bonchev–Trinajstić information content (AvgIpc) is 0.764. The monoisotopic (exact) mass is 1910 g/mol. The molecule has 0 unspecified atom stereocenters. The molecule has 59 nitrogen and oxygen atoms in total. The first-order valence-corrected chi connectivity index (χ1v) is 40.9. The fourth-order valence-corrected chi connectivity index (χ4v) is 16.5. The van der Waals surface area contributed by atoms with Crippen molar-refractivity contribution in [1.29, 1.82) is 0 Å². The lowest BCUT2D eigenvalue weighted by Crippen LogP contribution is -2.71. The predicted molar refractivity (Wildman–Crippen MR) is 395 cm³/mol. The lowest BCUT2D eigenvalue weighted by molar-refractivity contribution is -0.400. The van der Waals surface area contributed by atoms with Crippen LogP contribution in [0.1, 0.15) is 27.2 Å². The SMILES string of the molecule is CC(=O)N[C@@H]1[C@@H](O)[C@H](O[C@@H]2O[C@H](CO)[C@@H](O[C@@H]3O[C@H](CO[C@H]4O[C@H](CO)[C@@H](O)[C@H](O)[C@@H]4O[C@@H]4O[C@H](CO)[C@@H](O[C@@H]5O[C@H](CO[C@]6(C(=O)O)C[C@H](O)[C@@H](NC(=O)CO)[C@H]([C@H](O)[C@H](O)CO)O6)[C@H](O)[C@H](O)[C@H]5O)[C@H](O)[C@H]4O)[C@@H](O)[C@H](O[C@H]4O[C@H](CO)[C@@H](O)[C@H](O)[C@@H]4O[C@@H]4O[C@H](CO)[C@@H](O[C@@H]5O[C@H](CO)[C@H](O)[C@H](O)[C@H]5O)[C@H](O)[C@H]4NC(C)=O)[C@@H]3O)[C@H](O)[C@H]2NC(C)=O)[C@@H](CO)O[C@H]1O. The van der Waals surface area contributed by atoms with Crippen LogP contribution in [0.4, 0.5) is 0 Å². The minimum absolute atomic E-state index is 0.814. The van der Waals surface area contributed by atoms with Crippen LogP contribution in [0.25, 0.3) is 0 Å². The van der Waals surface area contributed by atoms with Gasteiger partial charge in [-0.15, -0.1) is 0 Å². The summed E-state index contributed by atoms with van der Waals surface area (Å²) < 4.78 is 111. The molecule has 0 radical (unpaired) electrons. The Hall–Kier alpha value is -4.61. The maximum absolute atomic E-state index is 13.0. The molecule has 4 amide bonds. The summed E-state index contributed by atoms with van der Waals surface area (Å²) in [5.41, 5.74) is 0. The number of aliphatic hydroxyl groups excluding tert-OH is 30. The second-order valence-electron chi connectivity index (χ2n) is 32.5. The van der Waals surface area contributed by atoms with Crippen molar-refractivity contribution in [2.75, 3.05) is 72.7 Å². The molecule has 10 rings (SSSR count). The lowest BCUT2D eigenvalue weighted by atomic mass is 9.88. The van der Waals surface area contributed by atoms with E-state index in [4.69, 9.17) is 90.0 Å². The third-order valence-corrected chi connectivity index (χ3v) is 23.5. The zero-order valence-electron chi connectivity index (χ0n) is 69.0. The van der Waals surface area contributed by atoms with Gasteiger partial charge in [0.1, 0.15) is 244 Å². The van der Waals surface area contributed by atoms with Gasteiger partial charge in [-0.2, -0.15) is 0 Å². The van der Waals surface area contributed by atoms with Gasteiger partial charge in [0.25, 0.3) is 5.79 Å². The second kappa shape index (κ2) is 46.7. The molecule has 10 saturated heterocycles. The summed E-state index contributed by atoms with van der Waals surface area (Å²) in [4.78, 5) is 63.4. The first-order chi connectivity index (χ1) is 61.4. The normalized spacial score (nSPS) is 47.9. The third-order valence-electron chi connectivity index (χ3n) is 23.5. The first-order valence-electron chi connectivity index (χ1n) is 40.9.